The third kappa shape index (κ3) is 51.5. The third-order valence-electron chi connectivity index (χ3n) is 0.741. The van der Waals surface area contributed by atoms with Gasteiger partial charge in [-0.25, -0.2) is 0 Å². The van der Waals surface area contributed by atoms with Gasteiger partial charge in [0.1, 0.15) is 13.1 Å². The van der Waals surface area contributed by atoms with E-state index in [1.165, 1.54) is 0 Å². The lowest BCUT2D eigenvalue weighted by Crippen LogP contribution is -2.88. The van der Waals surface area contributed by atoms with Gasteiger partial charge in [-0.2, -0.15) is 0 Å². The van der Waals surface area contributed by atoms with Crippen molar-refractivity contribution in [2.45, 2.75) is 0 Å². The highest BCUT2D eigenvalue weighted by Gasteiger charge is 1.83. The minimum Gasteiger partial charge on any atom is -0.784 e. The summed E-state index contributed by atoms with van der Waals surface area (Å²) < 4.78 is 25.3. The summed E-state index contributed by atoms with van der Waals surface area (Å²) in [7, 11) is 0. The van der Waals surface area contributed by atoms with E-state index >= 15 is 0 Å². The van der Waals surface area contributed by atoms with E-state index in [2.05, 4.69) is 5.73 Å². The molecule has 0 aromatic heterocycles. The van der Waals surface area contributed by atoms with E-state index in [4.69, 9.17) is 18.4 Å². The van der Waals surface area contributed by atoms with Crippen molar-refractivity contribution in [1.29, 1.82) is 0 Å². The largest absolute Gasteiger partial charge is 0.784 e. The smallest absolute Gasteiger partial charge is 0.125 e. The zero-order valence-electron chi connectivity index (χ0n) is 6.69. The van der Waals surface area contributed by atoms with Crippen molar-refractivity contribution >= 4 is 11.4 Å². The quantitative estimate of drug-likeness (QED) is 0.309. The van der Waals surface area contributed by atoms with E-state index < -0.39 is 11.4 Å². The van der Waals surface area contributed by atoms with Crippen molar-refractivity contribution < 1.29 is 34.9 Å². The molecule has 0 saturated heterocycles. The molecule has 7 nitrogen and oxygen atoms in total. The van der Waals surface area contributed by atoms with E-state index in [1.807, 2.05) is 5.32 Å². The first-order valence-electron chi connectivity index (χ1n) is 3.13. The van der Waals surface area contributed by atoms with Gasteiger partial charge in [-0.15, -0.1) is 11.4 Å². The average Bonchev–Trinajstić information content (AvgIpc) is 1.88. The zero-order chi connectivity index (χ0) is 9.11. The number of hydrogen-bond acceptors (Lipinski definition) is 4. The average molecular weight is 204 g/mol. The summed E-state index contributed by atoms with van der Waals surface area (Å²) in [6.45, 7) is 3.07. The van der Waals surface area contributed by atoms with Crippen molar-refractivity contribution in [3.63, 3.8) is 0 Å². The number of nitrogens with two attached hydrogens (primary N) is 1. The Morgan fingerprint density at radius 3 is 2.08 bits per heavy atom. The SMILES string of the molecule is O.O=S([O-])[O-].[NH3+]CC[NH2+]CCO. The molecule has 0 atom stereocenters. The molecule has 0 spiro atoms. The molecule has 0 aliphatic rings. The maximum Gasteiger partial charge on any atom is 0.125 e. The zero-order valence-corrected chi connectivity index (χ0v) is 7.51. The summed E-state index contributed by atoms with van der Waals surface area (Å²) >= 11 is -3.11. The maximum atomic E-state index is 8.44. The molecular formula is C4H16N2O5S. The lowest BCUT2D eigenvalue weighted by Gasteiger charge is -2.03. The van der Waals surface area contributed by atoms with Gasteiger partial charge < -0.3 is 30.7 Å². The Morgan fingerprint density at radius 1 is 1.42 bits per heavy atom. The number of quaternary nitrogens is 2. The second-order valence-electron chi connectivity index (χ2n) is 1.65. The van der Waals surface area contributed by atoms with Crippen molar-refractivity contribution in [1.82, 2.24) is 0 Å². The van der Waals surface area contributed by atoms with Crippen LogP contribution in [0.2, 0.25) is 0 Å². The highest BCUT2D eigenvalue weighted by atomic mass is 32.2. The van der Waals surface area contributed by atoms with Gasteiger partial charge >= 0.3 is 0 Å². The molecule has 0 aromatic rings. The Balaban J connectivity index is -0.000000142. The fourth-order valence-electron chi connectivity index (χ4n) is 0.380. The molecule has 8 heteroatoms. The predicted molar refractivity (Wildman–Crippen MR) is 39.8 cm³/mol. The van der Waals surface area contributed by atoms with E-state index in [0.717, 1.165) is 19.6 Å². The summed E-state index contributed by atoms with van der Waals surface area (Å²) in [5.74, 6) is 0. The third-order valence-corrected chi connectivity index (χ3v) is 0.741. The van der Waals surface area contributed by atoms with Gasteiger partial charge in [0, 0.05) is 0 Å². The molecule has 78 valence electrons. The Kier molecular flexibility index (Phi) is 25.5. The molecule has 0 bridgehead atoms. The van der Waals surface area contributed by atoms with Gasteiger partial charge in [0.15, 0.2) is 0 Å². The highest BCUT2D eigenvalue weighted by molar-refractivity contribution is 7.72. The summed E-state index contributed by atoms with van der Waals surface area (Å²) in [4.78, 5) is 0. The normalized spacial score (nSPS) is 8.42. The van der Waals surface area contributed by atoms with Crippen LogP contribution in [0.3, 0.4) is 0 Å². The molecular weight excluding hydrogens is 188 g/mol. The standard InChI is InChI=1S/C4H12N2O.H2O3S.H2O/c5-1-2-6-3-4-7;1-4(2)3;/h6-7H,1-5H2;(H2,1,2,3);1H2. The second kappa shape index (κ2) is 17.1. The van der Waals surface area contributed by atoms with Crippen LogP contribution in [0.4, 0.5) is 0 Å². The Bertz CT molecular complexity index is 85.5. The molecule has 8 N–H and O–H groups in total. The number of rotatable bonds is 4. The molecule has 0 rings (SSSR count). The van der Waals surface area contributed by atoms with Crippen LogP contribution in [0.1, 0.15) is 0 Å². The van der Waals surface area contributed by atoms with Crippen LogP contribution in [-0.4, -0.2) is 50.1 Å². The summed E-state index contributed by atoms with van der Waals surface area (Å²) in [5, 5.41) is 10.3. The number of aliphatic hydroxyl groups is 1. The molecule has 0 heterocycles. The van der Waals surface area contributed by atoms with Gasteiger partial charge in [-0.05, 0) is 0 Å². The fraction of sp³-hybridized carbons (Fsp3) is 1.00. The maximum absolute atomic E-state index is 8.44. The molecule has 0 aliphatic heterocycles. The first-order chi connectivity index (χ1) is 5.15. The number of hydrogen-bond donors (Lipinski definition) is 3. The van der Waals surface area contributed by atoms with Crippen LogP contribution in [-0.2, 0) is 11.4 Å². The second-order valence-corrected chi connectivity index (χ2v) is 2.06. The molecule has 0 fully saturated rings. The van der Waals surface area contributed by atoms with Gasteiger partial charge in [-0.1, -0.05) is 0 Å². The van der Waals surface area contributed by atoms with E-state index in [1.54, 1.807) is 0 Å². The van der Waals surface area contributed by atoms with Crippen LogP contribution in [0, 0.1) is 0 Å². The van der Waals surface area contributed by atoms with Gasteiger partial charge in [-0.3, -0.25) is 4.21 Å². The van der Waals surface area contributed by atoms with Crippen molar-refractivity contribution in [3.05, 3.63) is 0 Å². The lowest BCUT2D eigenvalue weighted by molar-refractivity contribution is -0.670. The molecule has 0 aliphatic carbocycles. The van der Waals surface area contributed by atoms with Crippen LogP contribution >= 0.6 is 0 Å². The summed E-state index contributed by atoms with van der Waals surface area (Å²) in [6, 6.07) is 0. The Hall–Kier alpha value is -0.0900. The molecule has 0 amide bonds. The van der Waals surface area contributed by atoms with Crippen molar-refractivity contribution in [2.24, 2.45) is 0 Å². The van der Waals surface area contributed by atoms with Crippen LogP contribution in [0.15, 0.2) is 0 Å². The van der Waals surface area contributed by atoms with Crippen molar-refractivity contribution in [3.8, 4) is 0 Å². The summed E-state index contributed by atoms with van der Waals surface area (Å²) in [6.07, 6.45) is 0. The summed E-state index contributed by atoms with van der Waals surface area (Å²) in [5.41, 5.74) is 3.64. The Morgan fingerprint density at radius 2 is 1.83 bits per heavy atom. The van der Waals surface area contributed by atoms with E-state index in [0.29, 0.717) is 0 Å². The molecule has 0 saturated carbocycles. The first kappa shape index (κ1) is 17.9. The molecule has 12 heavy (non-hydrogen) atoms. The minimum absolute atomic E-state index is 0. The van der Waals surface area contributed by atoms with Crippen LogP contribution in [0.25, 0.3) is 0 Å². The van der Waals surface area contributed by atoms with Gasteiger partial charge in [0.25, 0.3) is 0 Å². The predicted octanol–water partition coefficient (Wildman–Crippen LogP) is -5.04. The van der Waals surface area contributed by atoms with E-state index in [9.17, 15) is 0 Å². The molecule has 0 radical (unpaired) electrons. The number of aliphatic hydroxyl groups excluding tert-OH is 1. The van der Waals surface area contributed by atoms with Crippen LogP contribution in [0.5, 0.6) is 0 Å². The first-order valence-corrected chi connectivity index (χ1v) is 4.13. The molecule has 0 aromatic carbocycles. The van der Waals surface area contributed by atoms with Gasteiger partial charge in [0.05, 0.1) is 13.2 Å². The molecule has 0 unspecified atom stereocenters. The Labute approximate surface area is 73.4 Å². The minimum atomic E-state index is -3.11. The van der Waals surface area contributed by atoms with Crippen molar-refractivity contribution in [2.75, 3.05) is 26.2 Å². The fourth-order valence-corrected chi connectivity index (χ4v) is 0.380. The lowest BCUT2D eigenvalue weighted by atomic mass is 10.6. The monoisotopic (exact) mass is 204 g/mol. The highest BCUT2D eigenvalue weighted by Crippen LogP contribution is 1.42. The van der Waals surface area contributed by atoms with Crippen LogP contribution < -0.4 is 11.1 Å². The van der Waals surface area contributed by atoms with Gasteiger partial charge in [0.2, 0.25) is 0 Å². The topological polar surface area (TPSA) is 159 Å². The van der Waals surface area contributed by atoms with E-state index in [-0.39, 0.29) is 12.1 Å².